The lowest BCUT2D eigenvalue weighted by atomic mass is 10.1. The van der Waals surface area contributed by atoms with Gasteiger partial charge in [-0.3, -0.25) is 9.79 Å². The fraction of sp³-hybridized carbons (Fsp3) is 0.294. The van der Waals surface area contributed by atoms with E-state index in [1.807, 2.05) is 37.3 Å². The van der Waals surface area contributed by atoms with Crippen molar-refractivity contribution in [2.75, 3.05) is 13.6 Å². The predicted octanol–water partition coefficient (Wildman–Crippen LogP) is 2.36. The van der Waals surface area contributed by atoms with Gasteiger partial charge in [-0.15, -0.1) is 11.3 Å². The number of carbonyl (C=O) groups is 1. The van der Waals surface area contributed by atoms with Crippen molar-refractivity contribution in [2.45, 2.75) is 20.0 Å². The van der Waals surface area contributed by atoms with Gasteiger partial charge in [-0.2, -0.15) is 0 Å². The minimum Gasteiger partial charge on any atom is -0.352 e. The van der Waals surface area contributed by atoms with Crippen molar-refractivity contribution in [1.29, 1.82) is 0 Å². The summed E-state index contributed by atoms with van der Waals surface area (Å²) in [6.07, 6.45) is 0. The van der Waals surface area contributed by atoms with Crippen molar-refractivity contribution < 1.29 is 4.79 Å². The van der Waals surface area contributed by atoms with Crippen LogP contribution >= 0.6 is 11.3 Å². The van der Waals surface area contributed by atoms with E-state index in [-0.39, 0.29) is 5.91 Å². The Balaban J connectivity index is 1.88. The van der Waals surface area contributed by atoms with Gasteiger partial charge in [0, 0.05) is 30.6 Å². The molecule has 0 radical (unpaired) electrons. The summed E-state index contributed by atoms with van der Waals surface area (Å²) in [6, 6.07) is 11.7. The topological polar surface area (TPSA) is 65.5 Å². The zero-order chi connectivity index (χ0) is 16.5. The second kappa shape index (κ2) is 8.95. The maximum absolute atomic E-state index is 11.9. The third-order valence-electron chi connectivity index (χ3n) is 3.22. The van der Waals surface area contributed by atoms with E-state index < -0.39 is 0 Å². The zero-order valence-electron chi connectivity index (χ0n) is 13.4. The summed E-state index contributed by atoms with van der Waals surface area (Å²) in [4.78, 5) is 17.3. The van der Waals surface area contributed by atoms with Gasteiger partial charge in [0.25, 0.3) is 5.91 Å². The number of hydrogen-bond donors (Lipinski definition) is 3. The van der Waals surface area contributed by atoms with Gasteiger partial charge in [0.05, 0.1) is 6.54 Å². The van der Waals surface area contributed by atoms with Gasteiger partial charge in [0.2, 0.25) is 0 Å². The van der Waals surface area contributed by atoms with Gasteiger partial charge >= 0.3 is 0 Å². The molecular formula is C17H22N4OS. The summed E-state index contributed by atoms with van der Waals surface area (Å²) in [5.74, 6) is 0.691. The highest BCUT2D eigenvalue weighted by Gasteiger charge is 2.05. The molecule has 0 atom stereocenters. The maximum atomic E-state index is 11.9. The molecule has 0 fully saturated rings. The number of rotatable bonds is 6. The summed E-state index contributed by atoms with van der Waals surface area (Å²) >= 11 is 1.71. The second-order valence-electron chi connectivity index (χ2n) is 4.92. The Hall–Kier alpha value is -2.34. The van der Waals surface area contributed by atoms with Gasteiger partial charge in [0.1, 0.15) is 0 Å². The monoisotopic (exact) mass is 330 g/mol. The first-order valence-electron chi connectivity index (χ1n) is 7.57. The molecule has 122 valence electrons. The van der Waals surface area contributed by atoms with Crippen molar-refractivity contribution in [3.63, 3.8) is 0 Å². The molecule has 1 aromatic heterocycles. The summed E-state index contributed by atoms with van der Waals surface area (Å²) < 4.78 is 0. The normalized spacial score (nSPS) is 11.1. The van der Waals surface area contributed by atoms with E-state index in [0.717, 1.165) is 18.1 Å². The zero-order valence-corrected chi connectivity index (χ0v) is 14.2. The number of aliphatic imine (C=N–C) groups is 1. The van der Waals surface area contributed by atoms with E-state index >= 15 is 0 Å². The number of guanidine groups is 1. The standard InChI is InChI=1S/C17H22N4OS/c1-3-19-16(22)14-7-4-6-13(10-14)11-20-17(18-2)21-12-15-8-5-9-23-15/h4-10H,3,11-12H2,1-2H3,(H,19,22)(H2,18,20,21). The van der Waals surface area contributed by atoms with E-state index in [1.54, 1.807) is 18.4 Å². The third kappa shape index (κ3) is 5.41. The highest BCUT2D eigenvalue weighted by atomic mass is 32.1. The Kier molecular flexibility index (Phi) is 6.62. The van der Waals surface area contributed by atoms with Crippen LogP contribution < -0.4 is 16.0 Å². The van der Waals surface area contributed by atoms with Crippen LogP contribution in [0.1, 0.15) is 27.7 Å². The molecule has 5 nitrogen and oxygen atoms in total. The molecule has 1 amide bonds. The molecular weight excluding hydrogens is 308 g/mol. The average molecular weight is 330 g/mol. The largest absolute Gasteiger partial charge is 0.352 e. The first-order valence-corrected chi connectivity index (χ1v) is 8.45. The van der Waals surface area contributed by atoms with Crippen molar-refractivity contribution in [3.8, 4) is 0 Å². The number of nitrogens with one attached hydrogen (secondary N) is 3. The van der Waals surface area contributed by atoms with Crippen LogP contribution in [-0.2, 0) is 13.1 Å². The van der Waals surface area contributed by atoms with Crippen LogP contribution in [0.4, 0.5) is 0 Å². The molecule has 0 spiro atoms. The lowest BCUT2D eigenvalue weighted by Gasteiger charge is -2.12. The number of carbonyl (C=O) groups excluding carboxylic acids is 1. The summed E-state index contributed by atoms with van der Waals surface area (Å²) in [5.41, 5.74) is 1.71. The molecule has 1 aromatic carbocycles. The Morgan fingerprint density at radius 1 is 1.13 bits per heavy atom. The first-order chi connectivity index (χ1) is 11.2. The molecule has 0 aliphatic carbocycles. The molecule has 3 N–H and O–H groups in total. The van der Waals surface area contributed by atoms with E-state index in [0.29, 0.717) is 18.7 Å². The Bertz CT molecular complexity index is 652. The van der Waals surface area contributed by atoms with Crippen LogP contribution in [0.25, 0.3) is 0 Å². The van der Waals surface area contributed by atoms with Crippen LogP contribution in [0.2, 0.25) is 0 Å². The lowest BCUT2D eigenvalue weighted by Crippen LogP contribution is -2.36. The Labute approximate surface area is 140 Å². The summed E-state index contributed by atoms with van der Waals surface area (Å²) in [5, 5.41) is 11.4. The maximum Gasteiger partial charge on any atom is 0.251 e. The van der Waals surface area contributed by atoms with Gasteiger partial charge in [-0.05, 0) is 36.1 Å². The van der Waals surface area contributed by atoms with Crippen molar-refractivity contribution in [3.05, 3.63) is 57.8 Å². The van der Waals surface area contributed by atoms with Crippen LogP contribution in [-0.4, -0.2) is 25.5 Å². The molecule has 1 heterocycles. The van der Waals surface area contributed by atoms with Gasteiger partial charge in [0.15, 0.2) is 5.96 Å². The molecule has 0 bridgehead atoms. The minimum atomic E-state index is -0.0467. The summed E-state index contributed by atoms with van der Waals surface area (Å²) in [6.45, 7) is 3.89. The van der Waals surface area contributed by atoms with Gasteiger partial charge in [-0.25, -0.2) is 0 Å². The number of thiophene rings is 1. The molecule has 2 rings (SSSR count). The Morgan fingerprint density at radius 3 is 2.65 bits per heavy atom. The van der Waals surface area contributed by atoms with E-state index in [1.165, 1.54) is 4.88 Å². The van der Waals surface area contributed by atoms with E-state index in [4.69, 9.17) is 0 Å². The second-order valence-corrected chi connectivity index (χ2v) is 5.95. The number of hydrogen-bond acceptors (Lipinski definition) is 3. The van der Waals surface area contributed by atoms with Crippen LogP contribution in [0.15, 0.2) is 46.8 Å². The highest BCUT2D eigenvalue weighted by molar-refractivity contribution is 7.09. The molecule has 0 saturated carbocycles. The molecule has 0 aliphatic rings. The molecule has 0 unspecified atom stereocenters. The Morgan fingerprint density at radius 2 is 1.96 bits per heavy atom. The van der Waals surface area contributed by atoms with E-state index in [9.17, 15) is 4.79 Å². The van der Waals surface area contributed by atoms with E-state index in [2.05, 4.69) is 32.4 Å². The smallest absolute Gasteiger partial charge is 0.251 e. The predicted molar refractivity (Wildman–Crippen MR) is 95.8 cm³/mol. The van der Waals surface area contributed by atoms with Crippen molar-refractivity contribution >= 4 is 23.2 Å². The SMILES string of the molecule is CCNC(=O)c1cccc(CNC(=NC)NCc2cccs2)c1. The number of nitrogens with zero attached hydrogens (tertiary/aromatic N) is 1. The molecule has 6 heteroatoms. The number of benzene rings is 1. The fourth-order valence-electron chi connectivity index (χ4n) is 2.08. The van der Waals surface area contributed by atoms with Crippen LogP contribution in [0.5, 0.6) is 0 Å². The molecule has 2 aromatic rings. The third-order valence-corrected chi connectivity index (χ3v) is 4.10. The average Bonchev–Trinajstić information content (AvgIpc) is 3.09. The van der Waals surface area contributed by atoms with Crippen LogP contribution in [0.3, 0.4) is 0 Å². The quantitative estimate of drug-likeness (QED) is 0.563. The van der Waals surface area contributed by atoms with Crippen molar-refractivity contribution in [1.82, 2.24) is 16.0 Å². The van der Waals surface area contributed by atoms with Gasteiger partial charge < -0.3 is 16.0 Å². The minimum absolute atomic E-state index is 0.0467. The highest BCUT2D eigenvalue weighted by Crippen LogP contribution is 2.07. The fourth-order valence-corrected chi connectivity index (χ4v) is 2.72. The molecule has 23 heavy (non-hydrogen) atoms. The molecule has 0 aliphatic heterocycles. The van der Waals surface area contributed by atoms with Crippen molar-refractivity contribution in [2.24, 2.45) is 4.99 Å². The first kappa shape index (κ1) is 17.0. The van der Waals surface area contributed by atoms with Gasteiger partial charge in [-0.1, -0.05) is 18.2 Å². The molecule has 0 saturated heterocycles. The van der Waals surface area contributed by atoms with Crippen LogP contribution in [0, 0.1) is 0 Å². The summed E-state index contributed by atoms with van der Waals surface area (Å²) in [7, 11) is 1.74. The number of amides is 1. The lowest BCUT2D eigenvalue weighted by molar-refractivity contribution is 0.0955.